The van der Waals surface area contributed by atoms with Gasteiger partial charge in [0, 0.05) is 19.7 Å². The van der Waals surface area contributed by atoms with Gasteiger partial charge in [0.05, 0.1) is 12.5 Å². The van der Waals surface area contributed by atoms with E-state index in [1.807, 2.05) is 6.92 Å². The summed E-state index contributed by atoms with van der Waals surface area (Å²) >= 11 is 0. The summed E-state index contributed by atoms with van der Waals surface area (Å²) in [7, 11) is 1.43. The number of carboxylic acids is 1. The number of rotatable bonds is 7. The van der Waals surface area contributed by atoms with Crippen molar-refractivity contribution >= 4 is 12.0 Å². The van der Waals surface area contributed by atoms with Crippen LogP contribution in [0, 0.1) is 5.92 Å². The summed E-state index contributed by atoms with van der Waals surface area (Å²) in [5.41, 5.74) is 0. The van der Waals surface area contributed by atoms with E-state index in [1.54, 1.807) is 0 Å². The van der Waals surface area contributed by atoms with Gasteiger partial charge in [-0.2, -0.15) is 0 Å². The summed E-state index contributed by atoms with van der Waals surface area (Å²) < 4.78 is 4.95. The molecule has 0 spiro atoms. The van der Waals surface area contributed by atoms with Gasteiger partial charge in [-0.05, 0) is 25.7 Å². The molecule has 6 nitrogen and oxygen atoms in total. The Balaban J connectivity index is 2.18. The highest BCUT2D eigenvalue weighted by molar-refractivity contribution is 5.74. The molecule has 0 saturated heterocycles. The van der Waals surface area contributed by atoms with Crippen molar-refractivity contribution < 1.29 is 19.4 Å². The molecule has 0 heterocycles. The molecule has 2 amide bonds. The average molecular weight is 244 g/mol. The Labute approximate surface area is 101 Å². The zero-order valence-electron chi connectivity index (χ0n) is 10.2. The second-order valence-corrected chi connectivity index (χ2v) is 4.44. The van der Waals surface area contributed by atoms with E-state index in [0.717, 1.165) is 0 Å². The molecule has 17 heavy (non-hydrogen) atoms. The number of carbonyl (C=O) groups is 2. The summed E-state index contributed by atoms with van der Waals surface area (Å²) in [4.78, 5) is 21.9. The monoisotopic (exact) mass is 244 g/mol. The largest absolute Gasteiger partial charge is 0.481 e. The van der Waals surface area contributed by atoms with Crippen LogP contribution in [0.5, 0.6) is 0 Å². The van der Waals surface area contributed by atoms with Gasteiger partial charge >= 0.3 is 12.0 Å². The first-order valence-corrected chi connectivity index (χ1v) is 5.82. The SMILES string of the molecule is COC(CNC(=O)NC(C)C1CC1)CC(=O)O. The minimum absolute atomic E-state index is 0.116. The van der Waals surface area contributed by atoms with Crippen molar-refractivity contribution in [1.29, 1.82) is 0 Å². The summed E-state index contributed by atoms with van der Waals surface area (Å²) in [5.74, 6) is -0.344. The first kappa shape index (κ1) is 13.8. The molecule has 98 valence electrons. The highest BCUT2D eigenvalue weighted by atomic mass is 16.5. The molecule has 1 rings (SSSR count). The van der Waals surface area contributed by atoms with Gasteiger partial charge in [-0.25, -0.2) is 4.79 Å². The van der Waals surface area contributed by atoms with Gasteiger partial charge in [0.15, 0.2) is 0 Å². The quantitative estimate of drug-likeness (QED) is 0.611. The molecule has 6 heteroatoms. The van der Waals surface area contributed by atoms with E-state index in [4.69, 9.17) is 9.84 Å². The van der Waals surface area contributed by atoms with Crippen molar-refractivity contribution in [2.75, 3.05) is 13.7 Å². The third-order valence-electron chi connectivity index (χ3n) is 2.91. The van der Waals surface area contributed by atoms with Gasteiger partial charge in [-0.3, -0.25) is 4.79 Å². The van der Waals surface area contributed by atoms with E-state index < -0.39 is 12.1 Å². The summed E-state index contributed by atoms with van der Waals surface area (Å²) in [5, 5.41) is 14.0. The van der Waals surface area contributed by atoms with Crippen LogP contribution in [0.3, 0.4) is 0 Å². The van der Waals surface area contributed by atoms with Crippen LogP contribution in [-0.2, 0) is 9.53 Å². The van der Waals surface area contributed by atoms with E-state index in [9.17, 15) is 9.59 Å². The van der Waals surface area contributed by atoms with Crippen molar-refractivity contribution in [2.24, 2.45) is 5.92 Å². The molecule has 0 radical (unpaired) electrons. The van der Waals surface area contributed by atoms with Crippen LogP contribution in [0.1, 0.15) is 26.2 Å². The minimum atomic E-state index is -0.939. The molecule has 0 aromatic heterocycles. The lowest BCUT2D eigenvalue weighted by atomic mass is 10.2. The molecule has 1 saturated carbocycles. The highest BCUT2D eigenvalue weighted by Crippen LogP contribution is 2.32. The van der Waals surface area contributed by atoms with Gasteiger partial charge < -0.3 is 20.5 Å². The topological polar surface area (TPSA) is 87.7 Å². The lowest BCUT2D eigenvalue weighted by Gasteiger charge is -2.17. The molecule has 3 N–H and O–H groups in total. The van der Waals surface area contributed by atoms with Crippen molar-refractivity contribution in [1.82, 2.24) is 10.6 Å². The highest BCUT2D eigenvalue weighted by Gasteiger charge is 2.28. The fourth-order valence-corrected chi connectivity index (χ4v) is 1.61. The maximum atomic E-state index is 11.5. The molecule has 1 aliphatic rings. The smallest absolute Gasteiger partial charge is 0.315 e. The number of aliphatic carboxylic acids is 1. The third-order valence-corrected chi connectivity index (χ3v) is 2.91. The molecule has 2 atom stereocenters. The molecule has 2 unspecified atom stereocenters. The van der Waals surface area contributed by atoms with E-state index in [-0.39, 0.29) is 25.0 Å². The lowest BCUT2D eigenvalue weighted by Crippen LogP contribution is -2.44. The van der Waals surface area contributed by atoms with Crippen LogP contribution in [0.25, 0.3) is 0 Å². The number of methoxy groups -OCH3 is 1. The number of nitrogens with one attached hydrogen (secondary N) is 2. The average Bonchev–Trinajstić information content (AvgIpc) is 3.07. The van der Waals surface area contributed by atoms with Crippen molar-refractivity contribution in [3.05, 3.63) is 0 Å². The van der Waals surface area contributed by atoms with E-state index in [2.05, 4.69) is 10.6 Å². The molecule has 0 bridgehead atoms. The van der Waals surface area contributed by atoms with Crippen LogP contribution >= 0.6 is 0 Å². The lowest BCUT2D eigenvalue weighted by molar-refractivity contribution is -0.139. The first-order valence-electron chi connectivity index (χ1n) is 5.82. The predicted molar refractivity (Wildman–Crippen MR) is 61.8 cm³/mol. The number of amides is 2. The van der Waals surface area contributed by atoms with Crippen molar-refractivity contribution in [3.8, 4) is 0 Å². The standard InChI is InChI=1S/C11H20N2O4/c1-7(8-3-4-8)13-11(16)12-6-9(17-2)5-10(14)15/h7-9H,3-6H2,1-2H3,(H,14,15)(H2,12,13,16). The van der Waals surface area contributed by atoms with Gasteiger partial charge in [-0.1, -0.05) is 0 Å². The fraction of sp³-hybridized carbons (Fsp3) is 0.818. The Hall–Kier alpha value is -1.30. The van der Waals surface area contributed by atoms with Gasteiger partial charge in [0.1, 0.15) is 0 Å². The number of carboxylic acid groups (broad SMARTS) is 1. The molecule has 0 aromatic carbocycles. The van der Waals surface area contributed by atoms with Gasteiger partial charge in [0.2, 0.25) is 0 Å². The van der Waals surface area contributed by atoms with Gasteiger partial charge in [0.25, 0.3) is 0 Å². The first-order chi connectivity index (χ1) is 8.02. The minimum Gasteiger partial charge on any atom is -0.481 e. The zero-order valence-corrected chi connectivity index (χ0v) is 10.2. The van der Waals surface area contributed by atoms with Crippen LogP contribution < -0.4 is 10.6 Å². The van der Waals surface area contributed by atoms with Gasteiger partial charge in [-0.15, -0.1) is 0 Å². The summed E-state index contributed by atoms with van der Waals surface area (Å²) in [6.07, 6.45) is 1.73. The van der Waals surface area contributed by atoms with Crippen LogP contribution in [-0.4, -0.2) is 42.9 Å². The maximum Gasteiger partial charge on any atom is 0.315 e. The normalized spacial score (nSPS) is 18.2. The molecular weight excluding hydrogens is 224 g/mol. The van der Waals surface area contributed by atoms with Crippen molar-refractivity contribution in [2.45, 2.75) is 38.3 Å². The number of ether oxygens (including phenoxy) is 1. The maximum absolute atomic E-state index is 11.5. The predicted octanol–water partition coefficient (Wildman–Crippen LogP) is 0.574. The second-order valence-electron chi connectivity index (χ2n) is 4.44. The zero-order chi connectivity index (χ0) is 12.8. The van der Waals surface area contributed by atoms with Crippen LogP contribution in [0.4, 0.5) is 4.79 Å². The summed E-state index contributed by atoms with van der Waals surface area (Å²) in [6.45, 7) is 2.17. The number of hydrogen-bond donors (Lipinski definition) is 3. The number of hydrogen-bond acceptors (Lipinski definition) is 3. The number of urea groups is 1. The fourth-order valence-electron chi connectivity index (χ4n) is 1.61. The van der Waals surface area contributed by atoms with E-state index in [0.29, 0.717) is 5.92 Å². The Bertz CT molecular complexity index is 279. The molecule has 0 aliphatic heterocycles. The molecular formula is C11H20N2O4. The van der Waals surface area contributed by atoms with E-state index in [1.165, 1.54) is 20.0 Å². The molecule has 1 fully saturated rings. The van der Waals surface area contributed by atoms with Crippen LogP contribution in [0.2, 0.25) is 0 Å². The Kier molecular flexibility index (Phi) is 5.21. The molecule has 0 aromatic rings. The Morgan fingerprint density at radius 3 is 2.59 bits per heavy atom. The third kappa shape index (κ3) is 5.53. The van der Waals surface area contributed by atoms with Crippen LogP contribution in [0.15, 0.2) is 0 Å². The Morgan fingerprint density at radius 2 is 2.12 bits per heavy atom. The second kappa shape index (κ2) is 6.44. The van der Waals surface area contributed by atoms with E-state index >= 15 is 0 Å². The Morgan fingerprint density at radius 1 is 1.47 bits per heavy atom. The molecule has 1 aliphatic carbocycles. The van der Waals surface area contributed by atoms with Crippen molar-refractivity contribution in [3.63, 3.8) is 0 Å². The number of carbonyl (C=O) groups excluding carboxylic acids is 1. The summed E-state index contributed by atoms with van der Waals surface area (Å²) in [6, 6.07) is -0.0905.